The molecule has 4 aliphatic carbocycles. The molecule has 8 heteroatoms. The first-order valence-corrected chi connectivity index (χ1v) is 16.2. The molecule has 44 heavy (non-hydrogen) atoms. The molecule has 4 aliphatic rings. The molecule has 8 nitrogen and oxygen atoms in total. The van der Waals surface area contributed by atoms with Gasteiger partial charge in [-0.25, -0.2) is 4.79 Å². The van der Waals surface area contributed by atoms with Gasteiger partial charge >= 0.3 is 12.1 Å². The zero-order valence-corrected chi connectivity index (χ0v) is 27.2. The number of aliphatic hydroxyl groups is 1. The Kier molecular flexibility index (Phi) is 9.05. The molecule has 0 bridgehead atoms. The molecule has 0 aliphatic heterocycles. The van der Waals surface area contributed by atoms with E-state index in [1.54, 1.807) is 26.8 Å². The minimum absolute atomic E-state index is 0.0175. The van der Waals surface area contributed by atoms with Crippen molar-refractivity contribution < 1.29 is 29.0 Å². The Morgan fingerprint density at radius 1 is 1.09 bits per heavy atom. The SMILES string of the molecule is CN(C)c1ccc([C@H]2C[C@@]3(C)[C@@H](CC[C@@]3(O)/C=C\COC(=O)CNC(=O)OC(C)(C)C)[C@@H]3CCC4=CC(=O)CC[C@@H]4[C@H]32)cc1. The summed E-state index contributed by atoms with van der Waals surface area (Å²) in [5, 5.41) is 14.7. The molecule has 0 unspecified atom stereocenters. The summed E-state index contributed by atoms with van der Waals surface area (Å²) in [6.45, 7) is 7.26. The number of ether oxygens (including phenoxy) is 2. The van der Waals surface area contributed by atoms with Crippen LogP contribution < -0.4 is 10.2 Å². The standard InChI is InChI=1S/C36H50N2O6/c1-34(2,3)44-33(41)37-22-31(40)43-19-7-17-36(42)18-16-30-28-14-10-24-20-26(39)13-15-27(24)32(28)29(21-35(30,36)4)23-8-11-25(12-9-23)38(5)6/h7-9,11-12,17,20,27-30,32,42H,10,13-16,18-19,21-22H2,1-6H3,(H,37,41)/b17-7-/t27-,28-,29+,30-,32+,35-,36-/m0/s1. The Hall–Kier alpha value is -3.13. The van der Waals surface area contributed by atoms with Crippen LogP contribution in [-0.2, 0) is 19.1 Å². The van der Waals surface area contributed by atoms with E-state index in [1.807, 2.05) is 26.2 Å². The van der Waals surface area contributed by atoms with Crippen LogP contribution in [0.4, 0.5) is 10.5 Å². The lowest BCUT2D eigenvalue weighted by molar-refractivity contribution is -0.141. The highest BCUT2D eigenvalue weighted by Crippen LogP contribution is 2.68. The van der Waals surface area contributed by atoms with Crippen molar-refractivity contribution in [3.05, 3.63) is 53.6 Å². The number of esters is 1. The second kappa shape index (κ2) is 12.3. The first-order chi connectivity index (χ1) is 20.7. The highest BCUT2D eigenvalue weighted by Gasteiger charge is 2.64. The summed E-state index contributed by atoms with van der Waals surface area (Å²) in [6, 6.07) is 8.91. The number of nitrogens with one attached hydrogen (secondary N) is 1. The summed E-state index contributed by atoms with van der Waals surface area (Å²) >= 11 is 0. The maximum Gasteiger partial charge on any atom is 0.408 e. The maximum atomic E-state index is 12.4. The molecular weight excluding hydrogens is 556 g/mol. The lowest BCUT2D eigenvalue weighted by Crippen LogP contribution is -2.54. The zero-order valence-electron chi connectivity index (χ0n) is 27.2. The number of amides is 1. The maximum absolute atomic E-state index is 12.4. The van der Waals surface area contributed by atoms with Crippen LogP contribution in [0.5, 0.6) is 0 Å². The summed E-state index contributed by atoms with van der Waals surface area (Å²) < 4.78 is 10.5. The monoisotopic (exact) mass is 606 g/mol. The van der Waals surface area contributed by atoms with Crippen LogP contribution in [0.25, 0.3) is 0 Å². The van der Waals surface area contributed by atoms with Crippen molar-refractivity contribution in [3.63, 3.8) is 0 Å². The first kappa shape index (κ1) is 32.3. The highest BCUT2D eigenvalue weighted by molar-refractivity contribution is 5.91. The van der Waals surface area contributed by atoms with Gasteiger partial charge in [0.2, 0.25) is 0 Å². The van der Waals surface area contributed by atoms with Crippen LogP contribution in [0.3, 0.4) is 0 Å². The van der Waals surface area contributed by atoms with Gasteiger partial charge in [0.1, 0.15) is 18.8 Å². The smallest absolute Gasteiger partial charge is 0.408 e. The number of carbonyl (C=O) groups is 3. The van der Waals surface area contributed by atoms with Crippen molar-refractivity contribution >= 4 is 23.5 Å². The van der Waals surface area contributed by atoms with E-state index in [0.717, 1.165) is 37.8 Å². The number of hydrogen-bond acceptors (Lipinski definition) is 7. The molecule has 0 spiro atoms. The molecule has 0 aromatic heterocycles. The fourth-order valence-electron chi connectivity index (χ4n) is 8.87. The number of fused-ring (bicyclic) bond motifs is 5. The summed E-state index contributed by atoms with van der Waals surface area (Å²) in [5.41, 5.74) is 1.80. The number of hydrogen-bond donors (Lipinski definition) is 2. The minimum atomic E-state index is -1.02. The highest BCUT2D eigenvalue weighted by atomic mass is 16.6. The van der Waals surface area contributed by atoms with Crippen LogP contribution in [0.1, 0.15) is 84.1 Å². The molecule has 240 valence electrons. The van der Waals surface area contributed by atoms with Gasteiger partial charge in [-0.15, -0.1) is 0 Å². The van der Waals surface area contributed by atoms with Gasteiger partial charge in [-0.1, -0.05) is 30.7 Å². The fourth-order valence-corrected chi connectivity index (χ4v) is 8.87. The number of benzene rings is 1. The van der Waals surface area contributed by atoms with E-state index in [-0.39, 0.29) is 30.3 Å². The van der Waals surface area contributed by atoms with Crippen molar-refractivity contribution in [1.29, 1.82) is 0 Å². The topological polar surface area (TPSA) is 105 Å². The molecule has 1 aromatic carbocycles. The molecule has 0 heterocycles. The summed E-state index contributed by atoms with van der Waals surface area (Å²) in [5.74, 6) is 1.70. The minimum Gasteiger partial charge on any atom is -0.460 e. The van der Waals surface area contributed by atoms with E-state index >= 15 is 0 Å². The second-order valence-corrected chi connectivity index (χ2v) is 14.8. The lowest BCUT2D eigenvalue weighted by Gasteiger charge is -2.58. The Morgan fingerprint density at radius 3 is 2.50 bits per heavy atom. The number of anilines is 1. The van der Waals surface area contributed by atoms with Crippen molar-refractivity contribution in [3.8, 4) is 0 Å². The third-order valence-electron chi connectivity index (χ3n) is 10.9. The summed E-state index contributed by atoms with van der Waals surface area (Å²) in [4.78, 5) is 38.5. The van der Waals surface area contributed by atoms with Crippen LogP contribution in [-0.4, -0.2) is 61.4 Å². The lowest BCUT2D eigenvalue weighted by atomic mass is 9.46. The van der Waals surface area contributed by atoms with Gasteiger partial charge in [0.25, 0.3) is 0 Å². The van der Waals surface area contributed by atoms with Gasteiger partial charge in [0.05, 0.1) is 5.60 Å². The number of nitrogens with zero attached hydrogens (tertiary/aromatic N) is 1. The Morgan fingerprint density at radius 2 is 1.82 bits per heavy atom. The Labute approximate surface area is 262 Å². The molecule has 1 amide bonds. The zero-order chi connectivity index (χ0) is 31.9. The largest absolute Gasteiger partial charge is 0.460 e. The van der Waals surface area contributed by atoms with Crippen molar-refractivity contribution in [2.75, 3.05) is 32.1 Å². The average molecular weight is 607 g/mol. The molecule has 0 radical (unpaired) electrons. The van der Waals surface area contributed by atoms with E-state index in [0.29, 0.717) is 36.5 Å². The second-order valence-electron chi connectivity index (χ2n) is 14.8. The van der Waals surface area contributed by atoms with Gasteiger partial charge < -0.3 is 24.8 Å². The molecule has 7 atom stereocenters. The number of alkyl carbamates (subject to hydrolysis) is 1. The van der Waals surface area contributed by atoms with Crippen molar-refractivity contribution in [2.24, 2.45) is 29.1 Å². The third kappa shape index (κ3) is 6.46. The molecule has 2 N–H and O–H groups in total. The Balaban J connectivity index is 1.33. The van der Waals surface area contributed by atoms with E-state index < -0.39 is 23.3 Å². The molecule has 5 rings (SSSR count). The fraction of sp³-hybridized carbons (Fsp3) is 0.639. The van der Waals surface area contributed by atoms with Crippen LogP contribution in [0, 0.1) is 29.1 Å². The summed E-state index contributed by atoms with van der Waals surface area (Å²) in [6.07, 6.45) is 10.9. The number of allylic oxidation sites excluding steroid dienone is 1. The third-order valence-corrected chi connectivity index (χ3v) is 10.9. The van der Waals surface area contributed by atoms with Gasteiger partial charge in [0.15, 0.2) is 5.78 Å². The van der Waals surface area contributed by atoms with Crippen LogP contribution >= 0.6 is 0 Å². The summed E-state index contributed by atoms with van der Waals surface area (Å²) in [7, 11) is 4.10. The number of carbonyl (C=O) groups excluding carboxylic acids is 3. The average Bonchev–Trinajstić information content (AvgIpc) is 3.22. The number of rotatable bonds is 7. The molecule has 1 aromatic rings. The molecule has 0 saturated heterocycles. The first-order valence-electron chi connectivity index (χ1n) is 16.2. The van der Waals surface area contributed by atoms with Crippen LogP contribution in [0.2, 0.25) is 0 Å². The van der Waals surface area contributed by atoms with Gasteiger partial charge in [-0.05, 0) is 119 Å². The van der Waals surface area contributed by atoms with E-state index in [9.17, 15) is 19.5 Å². The van der Waals surface area contributed by atoms with E-state index in [1.165, 1.54) is 11.1 Å². The van der Waals surface area contributed by atoms with Gasteiger partial charge in [-0.2, -0.15) is 0 Å². The van der Waals surface area contributed by atoms with Crippen LogP contribution in [0.15, 0.2) is 48.1 Å². The van der Waals surface area contributed by atoms with Crippen molar-refractivity contribution in [2.45, 2.75) is 89.8 Å². The predicted octanol–water partition coefficient (Wildman–Crippen LogP) is 5.94. The van der Waals surface area contributed by atoms with Gasteiger partial charge in [-0.3, -0.25) is 9.59 Å². The van der Waals surface area contributed by atoms with E-state index in [4.69, 9.17) is 9.47 Å². The predicted molar refractivity (Wildman–Crippen MR) is 170 cm³/mol. The molecular formula is C36H50N2O6. The van der Waals surface area contributed by atoms with E-state index in [2.05, 4.69) is 41.4 Å². The van der Waals surface area contributed by atoms with Crippen molar-refractivity contribution in [1.82, 2.24) is 5.32 Å². The molecule has 3 fully saturated rings. The molecule has 3 saturated carbocycles. The Bertz CT molecular complexity index is 1310. The quantitative estimate of drug-likeness (QED) is 0.292. The number of ketones is 1. The van der Waals surface area contributed by atoms with Gasteiger partial charge in [0, 0.05) is 31.6 Å². The normalized spacial score (nSPS) is 33.1.